The minimum atomic E-state index is 0.603. The summed E-state index contributed by atoms with van der Waals surface area (Å²) in [5.41, 5.74) is 3.00. The summed E-state index contributed by atoms with van der Waals surface area (Å²) in [7, 11) is 0. The van der Waals surface area contributed by atoms with Crippen molar-refractivity contribution in [3.8, 4) is 5.69 Å². The van der Waals surface area contributed by atoms with E-state index in [2.05, 4.69) is 48.6 Å². The number of benzene rings is 2. The van der Waals surface area contributed by atoms with Gasteiger partial charge in [-0.15, -0.1) is 15.3 Å². The van der Waals surface area contributed by atoms with Gasteiger partial charge in [0, 0.05) is 29.4 Å². The number of para-hydroxylation sites is 1. The van der Waals surface area contributed by atoms with Crippen molar-refractivity contribution < 1.29 is 0 Å². The highest BCUT2D eigenvalue weighted by molar-refractivity contribution is 7.98. The molecule has 4 rings (SSSR count). The second kappa shape index (κ2) is 7.99. The third-order valence-corrected chi connectivity index (χ3v) is 5.69. The fraction of sp³-hybridized carbons (Fsp3) is 0.111. The molecule has 0 saturated carbocycles. The molecule has 2 aromatic carbocycles. The molecule has 0 amide bonds. The van der Waals surface area contributed by atoms with E-state index in [-0.39, 0.29) is 0 Å². The van der Waals surface area contributed by atoms with Gasteiger partial charge in [0.2, 0.25) is 0 Å². The van der Waals surface area contributed by atoms with Gasteiger partial charge in [-0.05, 0) is 17.7 Å². The molecule has 0 N–H and O–H groups in total. The molecule has 8 heteroatoms. The van der Waals surface area contributed by atoms with E-state index in [1.54, 1.807) is 11.8 Å². The molecule has 0 aliphatic rings. The van der Waals surface area contributed by atoms with Crippen molar-refractivity contribution in [1.82, 2.24) is 24.4 Å². The van der Waals surface area contributed by atoms with Crippen LogP contribution in [0.15, 0.2) is 65.8 Å². The van der Waals surface area contributed by atoms with Crippen LogP contribution in [0.1, 0.15) is 17.1 Å². The Morgan fingerprint density at radius 2 is 1.65 bits per heavy atom. The topological polar surface area (TPSA) is 56.5 Å². The minimum absolute atomic E-state index is 0.603. The van der Waals surface area contributed by atoms with Crippen molar-refractivity contribution in [3.05, 3.63) is 82.1 Å². The predicted molar refractivity (Wildman–Crippen MR) is 105 cm³/mol. The van der Waals surface area contributed by atoms with Gasteiger partial charge in [-0.1, -0.05) is 76.4 Å². The van der Waals surface area contributed by atoms with Gasteiger partial charge in [-0.2, -0.15) is 0 Å². The monoisotopic (exact) mass is 399 g/mol. The fourth-order valence-electron chi connectivity index (χ4n) is 2.54. The van der Waals surface area contributed by atoms with Gasteiger partial charge in [-0.3, -0.25) is 4.57 Å². The largest absolute Gasteiger partial charge is 0.274 e. The lowest BCUT2D eigenvalue weighted by molar-refractivity contribution is 0.847. The maximum absolute atomic E-state index is 6.11. The van der Waals surface area contributed by atoms with Crippen molar-refractivity contribution in [2.45, 2.75) is 17.3 Å². The molecule has 26 heavy (non-hydrogen) atoms. The lowest BCUT2D eigenvalue weighted by Crippen LogP contribution is -2.03. The standard InChI is InChI=1S/C18H14ClN5S2/c19-17-15(20-23-26-17)12-25-18-22-21-16(11-13-7-3-1-4-8-13)24(18)14-9-5-2-6-10-14/h1-10H,11-12H2. The molecule has 2 aromatic heterocycles. The molecule has 0 aliphatic heterocycles. The Hall–Kier alpha value is -2.22. The SMILES string of the molecule is Clc1snnc1CSc1nnc(Cc2ccccc2)n1-c1ccccc1. The van der Waals surface area contributed by atoms with E-state index >= 15 is 0 Å². The number of hydrogen-bond acceptors (Lipinski definition) is 6. The van der Waals surface area contributed by atoms with Gasteiger partial charge in [0.1, 0.15) is 15.9 Å². The van der Waals surface area contributed by atoms with Crippen LogP contribution in [0.25, 0.3) is 5.69 Å². The maximum atomic E-state index is 6.11. The van der Waals surface area contributed by atoms with Gasteiger partial charge in [0.15, 0.2) is 5.16 Å². The van der Waals surface area contributed by atoms with Crippen molar-refractivity contribution in [2.75, 3.05) is 0 Å². The maximum Gasteiger partial charge on any atom is 0.196 e. The Morgan fingerprint density at radius 3 is 2.35 bits per heavy atom. The number of halogens is 1. The van der Waals surface area contributed by atoms with E-state index in [0.717, 1.165) is 22.4 Å². The highest BCUT2D eigenvalue weighted by atomic mass is 35.5. The Morgan fingerprint density at radius 1 is 0.923 bits per heavy atom. The normalized spacial score (nSPS) is 11.0. The Balaban J connectivity index is 1.66. The third-order valence-electron chi connectivity index (χ3n) is 3.77. The van der Waals surface area contributed by atoms with Crippen LogP contribution in [0.2, 0.25) is 4.34 Å². The average molecular weight is 400 g/mol. The number of aromatic nitrogens is 5. The Bertz CT molecular complexity index is 985. The van der Waals surface area contributed by atoms with Gasteiger partial charge in [-0.25, -0.2) is 0 Å². The molecule has 0 atom stereocenters. The average Bonchev–Trinajstić information content (AvgIpc) is 3.27. The highest BCUT2D eigenvalue weighted by Gasteiger charge is 2.16. The predicted octanol–water partition coefficient (Wildman–Crippen LogP) is 4.66. The Kier molecular flexibility index (Phi) is 5.29. The quantitative estimate of drug-likeness (QED) is 0.441. The first-order chi connectivity index (χ1) is 12.8. The molecule has 2 heterocycles. The summed E-state index contributed by atoms with van der Waals surface area (Å²) in [6.45, 7) is 0. The summed E-state index contributed by atoms with van der Waals surface area (Å²) in [4.78, 5) is 0. The highest BCUT2D eigenvalue weighted by Crippen LogP contribution is 2.28. The zero-order chi connectivity index (χ0) is 17.8. The van der Waals surface area contributed by atoms with E-state index in [4.69, 9.17) is 11.6 Å². The number of thioether (sulfide) groups is 1. The Labute approximate surface area is 164 Å². The fourth-order valence-corrected chi connectivity index (χ4v) is 4.24. The number of hydrogen-bond donors (Lipinski definition) is 0. The van der Waals surface area contributed by atoms with Crippen LogP contribution in [0.5, 0.6) is 0 Å². The van der Waals surface area contributed by atoms with Gasteiger partial charge in [0.25, 0.3) is 0 Å². The smallest absolute Gasteiger partial charge is 0.196 e. The first kappa shape index (κ1) is 17.2. The van der Waals surface area contributed by atoms with E-state index in [9.17, 15) is 0 Å². The summed E-state index contributed by atoms with van der Waals surface area (Å²) in [5.74, 6) is 1.50. The van der Waals surface area contributed by atoms with Crippen molar-refractivity contribution in [3.63, 3.8) is 0 Å². The van der Waals surface area contributed by atoms with Crippen LogP contribution >= 0.6 is 34.9 Å². The molecule has 0 radical (unpaired) electrons. The minimum Gasteiger partial charge on any atom is -0.274 e. The molecule has 4 aromatic rings. The van der Waals surface area contributed by atoms with Crippen molar-refractivity contribution >= 4 is 34.9 Å². The van der Waals surface area contributed by atoms with Crippen LogP contribution in [0.4, 0.5) is 0 Å². The van der Waals surface area contributed by atoms with Crippen molar-refractivity contribution in [2.24, 2.45) is 0 Å². The van der Waals surface area contributed by atoms with Crippen LogP contribution in [0, 0.1) is 0 Å². The first-order valence-corrected chi connectivity index (χ1v) is 10.1. The molecule has 0 spiro atoms. The van der Waals surface area contributed by atoms with E-state index in [1.165, 1.54) is 17.1 Å². The third kappa shape index (κ3) is 3.80. The summed E-state index contributed by atoms with van der Waals surface area (Å²) >= 11 is 8.86. The van der Waals surface area contributed by atoms with E-state index in [1.807, 2.05) is 36.4 Å². The summed E-state index contributed by atoms with van der Waals surface area (Å²) in [6.07, 6.45) is 0.711. The summed E-state index contributed by atoms with van der Waals surface area (Å²) < 4.78 is 6.59. The molecular formula is C18H14ClN5S2. The molecule has 0 unspecified atom stereocenters. The second-order valence-electron chi connectivity index (χ2n) is 5.51. The van der Waals surface area contributed by atoms with E-state index < -0.39 is 0 Å². The van der Waals surface area contributed by atoms with Crippen LogP contribution in [-0.2, 0) is 12.2 Å². The van der Waals surface area contributed by atoms with E-state index in [0.29, 0.717) is 16.5 Å². The van der Waals surface area contributed by atoms with Gasteiger partial charge >= 0.3 is 0 Å². The summed E-state index contributed by atoms with van der Waals surface area (Å²) in [6, 6.07) is 20.4. The summed E-state index contributed by atoms with van der Waals surface area (Å²) in [5, 5.41) is 13.7. The van der Waals surface area contributed by atoms with Crippen molar-refractivity contribution in [1.29, 1.82) is 0 Å². The number of rotatable bonds is 6. The lowest BCUT2D eigenvalue weighted by atomic mass is 10.1. The van der Waals surface area contributed by atoms with Crippen LogP contribution < -0.4 is 0 Å². The van der Waals surface area contributed by atoms with Gasteiger partial charge in [0.05, 0.1) is 0 Å². The molecular weight excluding hydrogens is 386 g/mol. The molecule has 0 aliphatic carbocycles. The lowest BCUT2D eigenvalue weighted by Gasteiger charge is -2.10. The molecule has 130 valence electrons. The molecule has 0 fully saturated rings. The van der Waals surface area contributed by atoms with Gasteiger partial charge < -0.3 is 0 Å². The van der Waals surface area contributed by atoms with Crippen LogP contribution in [0.3, 0.4) is 0 Å². The molecule has 0 bridgehead atoms. The van der Waals surface area contributed by atoms with Crippen LogP contribution in [-0.4, -0.2) is 24.4 Å². The second-order valence-corrected chi connectivity index (χ2v) is 7.81. The zero-order valence-electron chi connectivity index (χ0n) is 13.6. The number of nitrogens with zero attached hydrogens (tertiary/aromatic N) is 5. The molecule has 0 saturated heterocycles. The molecule has 5 nitrogen and oxygen atoms in total. The first-order valence-electron chi connectivity index (χ1n) is 7.94. The zero-order valence-corrected chi connectivity index (χ0v) is 16.0.